The van der Waals surface area contributed by atoms with Crippen LogP contribution in [0.2, 0.25) is 0 Å². The van der Waals surface area contributed by atoms with Crippen LogP contribution < -0.4 is 0 Å². The van der Waals surface area contributed by atoms with Gasteiger partial charge in [-0.05, 0) is 137 Å². The van der Waals surface area contributed by atoms with Gasteiger partial charge in [-0.1, -0.05) is 13.3 Å². The normalized spacial score (nSPS) is 31.2. The lowest BCUT2D eigenvalue weighted by Crippen LogP contribution is -2.34. The zero-order valence-electron chi connectivity index (χ0n) is 21.9. The largest absolute Gasteiger partial charge is 0.490 e. The summed E-state index contributed by atoms with van der Waals surface area (Å²) in [5.74, 6) is -0.479. The zero-order valence-corrected chi connectivity index (χ0v) is 21.9. The molecule has 2 nitrogen and oxygen atoms in total. The molecule has 1 aromatic carbocycles. The molecule has 0 amide bonds. The number of benzene rings is 1. The Bertz CT molecular complexity index is 867. The second-order valence-corrected chi connectivity index (χ2v) is 11.8. The number of unbranched alkanes of at least 4 members (excludes halogenated alkanes) is 1. The highest BCUT2D eigenvalue weighted by atomic mass is 19.4. The van der Waals surface area contributed by atoms with Crippen LogP contribution in [0.5, 0.6) is 0 Å². The molecule has 37 heavy (non-hydrogen) atoms. The van der Waals surface area contributed by atoms with Gasteiger partial charge < -0.3 is 4.74 Å². The van der Waals surface area contributed by atoms with Gasteiger partial charge >= 0.3 is 12.1 Å². The van der Waals surface area contributed by atoms with Crippen molar-refractivity contribution in [3.63, 3.8) is 0 Å². The van der Waals surface area contributed by atoms with Gasteiger partial charge in [0.25, 0.3) is 0 Å². The number of hydrogen-bond acceptors (Lipinski definition) is 2. The number of ether oxygens (including phenoxy) is 1. The van der Waals surface area contributed by atoms with Gasteiger partial charge in [-0.25, -0.2) is 13.6 Å². The van der Waals surface area contributed by atoms with Crippen molar-refractivity contribution in [1.29, 1.82) is 0 Å². The van der Waals surface area contributed by atoms with Crippen LogP contribution in [0, 0.1) is 35.3 Å². The fourth-order valence-electron chi connectivity index (χ4n) is 7.42. The van der Waals surface area contributed by atoms with Crippen molar-refractivity contribution in [2.24, 2.45) is 23.7 Å². The molecule has 3 aliphatic carbocycles. The van der Waals surface area contributed by atoms with Gasteiger partial charge in [0.05, 0.1) is 0 Å². The predicted molar refractivity (Wildman–Crippen MR) is 133 cm³/mol. The van der Waals surface area contributed by atoms with E-state index in [1.54, 1.807) is 0 Å². The Hall–Kier alpha value is -1.66. The summed E-state index contributed by atoms with van der Waals surface area (Å²) in [6.45, 7) is 2.07. The molecule has 0 aliphatic heterocycles. The van der Waals surface area contributed by atoms with Crippen LogP contribution in [0.25, 0.3) is 0 Å². The van der Waals surface area contributed by atoms with Crippen molar-refractivity contribution >= 4 is 5.97 Å². The minimum atomic E-state index is -4.92. The highest BCUT2D eigenvalue weighted by Crippen LogP contribution is 2.47. The van der Waals surface area contributed by atoms with Crippen molar-refractivity contribution in [3.05, 3.63) is 34.9 Å². The number of rotatable bonds is 7. The first-order chi connectivity index (χ1) is 17.7. The molecule has 3 saturated carbocycles. The van der Waals surface area contributed by atoms with Crippen LogP contribution in [0.15, 0.2) is 12.1 Å². The van der Waals surface area contributed by atoms with Crippen molar-refractivity contribution < 1.29 is 31.5 Å². The summed E-state index contributed by atoms with van der Waals surface area (Å²) in [5, 5.41) is 0. The van der Waals surface area contributed by atoms with Crippen LogP contribution in [-0.4, -0.2) is 18.2 Å². The fourth-order valence-corrected chi connectivity index (χ4v) is 7.42. The highest BCUT2D eigenvalue weighted by molar-refractivity contribution is 5.75. The van der Waals surface area contributed by atoms with Crippen LogP contribution in [0.4, 0.5) is 22.0 Å². The molecule has 0 aromatic heterocycles. The van der Waals surface area contributed by atoms with E-state index in [2.05, 4.69) is 11.7 Å². The molecule has 0 bridgehead atoms. The van der Waals surface area contributed by atoms with Gasteiger partial charge in [-0.15, -0.1) is 0 Å². The Morgan fingerprint density at radius 2 is 1.22 bits per heavy atom. The number of halogens is 5. The summed E-state index contributed by atoms with van der Waals surface area (Å²) >= 11 is 0. The van der Waals surface area contributed by atoms with Gasteiger partial charge in [0.2, 0.25) is 0 Å². The molecule has 3 fully saturated rings. The molecule has 3 aliphatic rings. The lowest BCUT2D eigenvalue weighted by molar-refractivity contribution is -0.206. The lowest BCUT2D eigenvalue weighted by Gasteiger charge is -2.41. The molecule has 0 unspecified atom stereocenters. The van der Waals surface area contributed by atoms with Crippen molar-refractivity contribution in [2.75, 3.05) is 0 Å². The second kappa shape index (κ2) is 12.5. The van der Waals surface area contributed by atoms with E-state index in [-0.39, 0.29) is 17.6 Å². The minimum Gasteiger partial charge on any atom is -0.456 e. The molecule has 4 rings (SSSR count). The van der Waals surface area contributed by atoms with Gasteiger partial charge in [-0.3, -0.25) is 0 Å². The van der Waals surface area contributed by atoms with Gasteiger partial charge in [0.1, 0.15) is 17.7 Å². The topological polar surface area (TPSA) is 26.3 Å². The van der Waals surface area contributed by atoms with Crippen LogP contribution in [-0.2, 0) is 16.0 Å². The Labute approximate surface area is 217 Å². The van der Waals surface area contributed by atoms with E-state index in [4.69, 9.17) is 0 Å². The molecule has 0 N–H and O–H groups in total. The highest BCUT2D eigenvalue weighted by Gasteiger charge is 2.43. The van der Waals surface area contributed by atoms with E-state index in [1.807, 2.05) is 0 Å². The number of aryl methyl sites for hydroxylation is 1. The maximum atomic E-state index is 14.8. The molecule has 7 heteroatoms. The summed E-state index contributed by atoms with van der Waals surface area (Å²) in [6.07, 6.45) is 8.14. The van der Waals surface area contributed by atoms with Crippen LogP contribution in [0.1, 0.15) is 114 Å². The van der Waals surface area contributed by atoms with Crippen molar-refractivity contribution in [3.8, 4) is 0 Å². The fraction of sp³-hybridized carbons (Fsp3) is 0.767. The smallest absolute Gasteiger partial charge is 0.456 e. The Morgan fingerprint density at radius 3 is 1.65 bits per heavy atom. The zero-order chi connectivity index (χ0) is 26.6. The molecule has 0 spiro atoms. The Balaban J connectivity index is 1.20. The summed E-state index contributed by atoms with van der Waals surface area (Å²) in [7, 11) is 0. The Morgan fingerprint density at radius 1 is 0.784 bits per heavy atom. The maximum Gasteiger partial charge on any atom is 0.490 e. The summed E-state index contributed by atoms with van der Waals surface area (Å²) in [4.78, 5) is 11.1. The lowest BCUT2D eigenvalue weighted by atomic mass is 9.65. The van der Waals surface area contributed by atoms with Crippen LogP contribution in [0.3, 0.4) is 0 Å². The molecular formula is C30H41F5O2. The molecule has 1 aromatic rings. The first kappa shape index (κ1) is 28.4. The first-order valence-corrected chi connectivity index (χ1v) is 14.4. The van der Waals surface area contributed by atoms with Crippen molar-refractivity contribution in [2.45, 2.75) is 121 Å². The molecule has 0 heterocycles. The molecule has 0 saturated heterocycles. The van der Waals surface area contributed by atoms with Crippen molar-refractivity contribution in [1.82, 2.24) is 0 Å². The average Bonchev–Trinajstić information content (AvgIpc) is 2.87. The number of esters is 1. The summed E-state index contributed by atoms with van der Waals surface area (Å²) in [5.41, 5.74) is 1.04. The molecular weight excluding hydrogens is 487 g/mol. The maximum absolute atomic E-state index is 14.8. The SMILES string of the molecule is CCCCc1cc(F)c(C2CCC(C3CCC(C4CCC(OC(=O)C(F)(F)F)CC4)CC3)CC2)c(F)c1. The molecule has 0 radical (unpaired) electrons. The van der Waals surface area contributed by atoms with Gasteiger partial charge in [0.15, 0.2) is 0 Å². The van der Waals surface area contributed by atoms with Crippen LogP contribution >= 0.6 is 0 Å². The minimum absolute atomic E-state index is 0.0329. The van der Waals surface area contributed by atoms with E-state index in [9.17, 15) is 26.7 Å². The third kappa shape index (κ3) is 7.26. The third-order valence-electron chi connectivity index (χ3n) is 9.51. The first-order valence-electron chi connectivity index (χ1n) is 14.4. The summed E-state index contributed by atoms with van der Waals surface area (Å²) in [6, 6.07) is 3.07. The summed E-state index contributed by atoms with van der Waals surface area (Å²) < 4.78 is 71.6. The second-order valence-electron chi connectivity index (χ2n) is 11.8. The van der Waals surface area contributed by atoms with E-state index in [0.717, 1.165) is 82.6 Å². The number of carbonyl (C=O) groups excluding carboxylic acids is 1. The van der Waals surface area contributed by atoms with E-state index >= 15 is 0 Å². The third-order valence-corrected chi connectivity index (χ3v) is 9.51. The predicted octanol–water partition coefficient (Wildman–Crippen LogP) is 9.05. The Kier molecular flexibility index (Phi) is 9.55. The van der Waals surface area contributed by atoms with Gasteiger partial charge in [0, 0.05) is 5.56 Å². The number of alkyl halides is 3. The van der Waals surface area contributed by atoms with E-state index in [1.165, 1.54) is 12.1 Å². The quantitative estimate of drug-likeness (QED) is 0.261. The monoisotopic (exact) mass is 528 g/mol. The number of hydrogen-bond donors (Lipinski definition) is 0. The molecule has 0 atom stereocenters. The average molecular weight is 529 g/mol. The molecule has 208 valence electrons. The van der Waals surface area contributed by atoms with E-state index < -0.39 is 18.2 Å². The van der Waals surface area contributed by atoms with E-state index in [0.29, 0.717) is 48.5 Å². The standard InChI is InChI=1S/C30H41F5O2/c1-2-3-4-19-17-26(31)28(27(32)18-19)24-11-9-22(10-12-24)20-5-7-21(8-6-20)23-13-15-25(16-14-23)37-29(36)30(33,34)35/h17-18,20-25H,2-16H2,1H3. The number of carbonyl (C=O) groups is 1. The van der Waals surface area contributed by atoms with Gasteiger partial charge in [-0.2, -0.15) is 13.2 Å².